The van der Waals surface area contributed by atoms with E-state index in [0.29, 0.717) is 37.6 Å². The minimum Gasteiger partial charge on any atom is -0.489 e. The van der Waals surface area contributed by atoms with Crippen LogP contribution in [0.5, 0.6) is 5.75 Å². The van der Waals surface area contributed by atoms with Crippen LogP contribution in [0.15, 0.2) is 54.6 Å². The maximum Gasteiger partial charge on any atom is 0.416 e. The van der Waals surface area contributed by atoms with E-state index < -0.39 is 11.7 Å². The quantitative estimate of drug-likeness (QED) is 0.719. The van der Waals surface area contributed by atoms with E-state index in [1.165, 1.54) is 18.2 Å². The molecule has 0 unspecified atom stereocenters. The number of halogens is 3. The first-order valence-corrected chi connectivity index (χ1v) is 8.85. The highest BCUT2D eigenvalue weighted by Crippen LogP contribution is 2.29. The number of rotatable bonds is 5. The molecule has 4 nitrogen and oxygen atoms in total. The summed E-state index contributed by atoms with van der Waals surface area (Å²) in [6, 6.07) is 12.0. The monoisotopic (exact) mass is 391 g/mol. The highest BCUT2D eigenvalue weighted by molar-refractivity contribution is 5.91. The van der Waals surface area contributed by atoms with E-state index in [9.17, 15) is 18.0 Å². The van der Waals surface area contributed by atoms with Crippen molar-refractivity contribution in [2.24, 2.45) is 0 Å². The number of hydrogen-bond acceptors (Lipinski definition) is 3. The van der Waals surface area contributed by atoms with Crippen LogP contribution in [-0.4, -0.2) is 37.1 Å². The first-order chi connectivity index (χ1) is 13.4. The Morgan fingerprint density at radius 1 is 1.11 bits per heavy atom. The van der Waals surface area contributed by atoms with Crippen molar-refractivity contribution in [2.45, 2.75) is 12.8 Å². The van der Waals surface area contributed by atoms with Crippen molar-refractivity contribution >= 4 is 12.0 Å². The second-order valence-corrected chi connectivity index (χ2v) is 6.33. The smallest absolute Gasteiger partial charge is 0.416 e. The largest absolute Gasteiger partial charge is 0.489 e. The first-order valence-electron chi connectivity index (χ1n) is 8.85. The van der Waals surface area contributed by atoms with Gasteiger partial charge in [0.2, 0.25) is 5.91 Å². The minimum absolute atomic E-state index is 0.0700. The number of hydrogen-bond donors (Lipinski definition) is 0. The molecule has 0 saturated carbocycles. The number of benzene rings is 2. The van der Waals surface area contributed by atoms with Crippen molar-refractivity contribution < 1.29 is 27.4 Å². The molecule has 0 atom stereocenters. The normalized spacial score (nSPS) is 15.0. The summed E-state index contributed by atoms with van der Waals surface area (Å²) in [7, 11) is 0. The van der Waals surface area contributed by atoms with Crippen LogP contribution in [0.25, 0.3) is 6.08 Å². The average Bonchev–Trinajstić information content (AvgIpc) is 2.71. The van der Waals surface area contributed by atoms with Crippen LogP contribution < -0.4 is 4.74 Å². The average molecular weight is 391 g/mol. The van der Waals surface area contributed by atoms with E-state index in [1.807, 2.05) is 6.07 Å². The predicted molar refractivity (Wildman–Crippen MR) is 98.7 cm³/mol. The summed E-state index contributed by atoms with van der Waals surface area (Å²) in [5.41, 5.74) is 0.747. The van der Waals surface area contributed by atoms with Gasteiger partial charge >= 0.3 is 6.18 Å². The molecule has 1 amide bonds. The number of carbonyl (C=O) groups is 1. The second kappa shape index (κ2) is 8.93. The molecule has 1 heterocycles. The lowest BCUT2D eigenvalue weighted by atomic mass is 10.1. The van der Waals surface area contributed by atoms with Crippen LogP contribution in [0.2, 0.25) is 0 Å². The summed E-state index contributed by atoms with van der Waals surface area (Å²) in [5.74, 6) is 0.500. The van der Waals surface area contributed by atoms with Gasteiger partial charge in [-0.05, 0) is 41.5 Å². The van der Waals surface area contributed by atoms with E-state index in [0.717, 1.165) is 17.7 Å². The summed E-state index contributed by atoms with van der Waals surface area (Å²) >= 11 is 0. The molecule has 148 valence electrons. The van der Waals surface area contributed by atoms with E-state index in [2.05, 4.69) is 0 Å². The van der Waals surface area contributed by atoms with Gasteiger partial charge in [0.15, 0.2) is 0 Å². The van der Waals surface area contributed by atoms with Crippen LogP contribution in [0.3, 0.4) is 0 Å². The molecule has 0 N–H and O–H groups in total. The molecule has 1 aliphatic rings. The number of amides is 1. The Bertz CT molecular complexity index is 826. The molecule has 0 bridgehead atoms. The summed E-state index contributed by atoms with van der Waals surface area (Å²) in [6.07, 6.45) is -1.12. The molecule has 2 aromatic rings. The van der Waals surface area contributed by atoms with Crippen LogP contribution in [0, 0.1) is 0 Å². The maximum absolute atomic E-state index is 12.6. The lowest BCUT2D eigenvalue weighted by molar-refractivity contribution is -0.137. The zero-order valence-electron chi connectivity index (χ0n) is 15.1. The fourth-order valence-electron chi connectivity index (χ4n) is 2.72. The number of alkyl halides is 3. The van der Waals surface area contributed by atoms with Gasteiger partial charge < -0.3 is 14.4 Å². The Morgan fingerprint density at radius 3 is 2.50 bits per heavy atom. The van der Waals surface area contributed by atoms with Crippen LogP contribution in [0.4, 0.5) is 13.2 Å². The molecule has 0 radical (unpaired) electrons. The predicted octanol–water partition coefficient (Wildman–Crippen LogP) is 4.16. The number of nitrogens with zero attached hydrogens (tertiary/aromatic N) is 1. The Labute approximate surface area is 161 Å². The van der Waals surface area contributed by atoms with E-state index >= 15 is 0 Å². The fourth-order valence-corrected chi connectivity index (χ4v) is 2.72. The Morgan fingerprint density at radius 2 is 1.82 bits per heavy atom. The molecule has 1 saturated heterocycles. The van der Waals surface area contributed by atoms with Crippen molar-refractivity contribution in [2.75, 3.05) is 26.3 Å². The topological polar surface area (TPSA) is 38.8 Å². The van der Waals surface area contributed by atoms with Gasteiger partial charge in [0, 0.05) is 19.2 Å². The Hall–Kier alpha value is -2.80. The van der Waals surface area contributed by atoms with Gasteiger partial charge in [0.25, 0.3) is 0 Å². The lowest BCUT2D eigenvalue weighted by Crippen LogP contribution is -2.39. The molecule has 0 aromatic heterocycles. The third kappa shape index (κ3) is 5.60. The van der Waals surface area contributed by atoms with Crippen molar-refractivity contribution in [1.82, 2.24) is 4.90 Å². The third-order valence-electron chi connectivity index (χ3n) is 4.29. The summed E-state index contributed by atoms with van der Waals surface area (Å²) in [5, 5.41) is 0. The van der Waals surface area contributed by atoms with Crippen molar-refractivity contribution in [3.8, 4) is 5.75 Å². The van der Waals surface area contributed by atoms with Gasteiger partial charge in [-0.3, -0.25) is 4.79 Å². The van der Waals surface area contributed by atoms with E-state index in [-0.39, 0.29) is 12.5 Å². The van der Waals surface area contributed by atoms with Gasteiger partial charge in [-0.2, -0.15) is 13.2 Å². The van der Waals surface area contributed by atoms with Gasteiger partial charge in [0.05, 0.1) is 18.8 Å². The first kappa shape index (κ1) is 19.9. The highest BCUT2D eigenvalue weighted by atomic mass is 19.4. The number of morpholine rings is 1. The molecule has 28 heavy (non-hydrogen) atoms. The fraction of sp³-hybridized carbons (Fsp3) is 0.286. The third-order valence-corrected chi connectivity index (χ3v) is 4.29. The minimum atomic E-state index is -4.35. The van der Waals surface area contributed by atoms with E-state index in [1.54, 1.807) is 29.2 Å². The van der Waals surface area contributed by atoms with Crippen molar-refractivity contribution in [1.29, 1.82) is 0 Å². The number of ether oxygens (including phenoxy) is 2. The summed E-state index contributed by atoms with van der Waals surface area (Å²) < 4.78 is 48.7. The van der Waals surface area contributed by atoms with Gasteiger partial charge in [-0.15, -0.1) is 0 Å². The van der Waals surface area contributed by atoms with Crippen LogP contribution >= 0.6 is 0 Å². The molecule has 3 rings (SSSR count). The molecule has 1 fully saturated rings. The Kier molecular flexibility index (Phi) is 6.36. The van der Waals surface area contributed by atoms with Gasteiger partial charge in [-0.1, -0.05) is 24.3 Å². The van der Waals surface area contributed by atoms with Crippen molar-refractivity contribution in [3.05, 3.63) is 71.3 Å². The number of carbonyl (C=O) groups excluding carboxylic acids is 1. The molecule has 2 aromatic carbocycles. The summed E-state index contributed by atoms with van der Waals surface area (Å²) in [4.78, 5) is 13.9. The van der Waals surface area contributed by atoms with Gasteiger partial charge in [0.1, 0.15) is 12.4 Å². The molecular weight excluding hydrogens is 371 g/mol. The second-order valence-electron chi connectivity index (χ2n) is 6.33. The highest BCUT2D eigenvalue weighted by Gasteiger charge is 2.29. The maximum atomic E-state index is 12.6. The lowest BCUT2D eigenvalue weighted by Gasteiger charge is -2.25. The standard InChI is InChI=1S/C21H20F3NO3/c22-21(23,24)18-7-4-17(5-8-18)15-28-19-3-1-2-16(14-19)6-9-20(26)25-10-12-27-13-11-25/h1-9,14H,10-13,15H2/b9-6+. The van der Waals surface area contributed by atoms with Crippen LogP contribution in [0.1, 0.15) is 16.7 Å². The van der Waals surface area contributed by atoms with Crippen LogP contribution in [-0.2, 0) is 22.3 Å². The van der Waals surface area contributed by atoms with Crippen molar-refractivity contribution in [3.63, 3.8) is 0 Å². The zero-order valence-corrected chi connectivity index (χ0v) is 15.1. The zero-order chi connectivity index (χ0) is 20.0. The molecule has 7 heteroatoms. The molecular formula is C21H20F3NO3. The molecule has 0 aliphatic carbocycles. The van der Waals surface area contributed by atoms with Gasteiger partial charge in [-0.25, -0.2) is 0 Å². The molecule has 1 aliphatic heterocycles. The van der Waals surface area contributed by atoms with E-state index in [4.69, 9.17) is 9.47 Å². The summed E-state index contributed by atoms with van der Waals surface area (Å²) in [6.45, 7) is 2.41. The SMILES string of the molecule is O=C(/C=C/c1cccc(OCc2ccc(C(F)(F)F)cc2)c1)N1CCOCC1. The molecule has 0 spiro atoms. The Balaban J connectivity index is 1.57.